The lowest BCUT2D eigenvalue weighted by Crippen LogP contribution is -2.28. The molecule has 0 spiro atoms. The lowest BCUT2D eigenvalue weighted by atomic mass is 9.69. The molecule has 0 aromatic rings. The summed E-state index contributed by atoms with van der Waals surface area (Å²) in [4.78, 5) is 0. The highest BCUT2D eigenvalue weighted by Crippen LogP contribution is 2.38. The standard InChI is InChI=1S/C24H50/c1-10-14-23(11-2)24(22(9)21(8)19(5)6)16-13-12-15-20(7)17-18(3)4/h18-24H,10-17H2,1-9H3. The minimum absolute atomic E-state index is 0.813. The van der Waals surface area contributed by atoms with E-state index in [0.717, 1.165) is 41.4 Å². The number of hydrogen-bond donors (Lipinski definition) is 0. The maximum atomic E-state index is 2.55. The summed E-state index contributed by atoms with van der Waals surface area (Å²) >= 11 is 0. The van der Waals surface area contributed by atoms with Gasteiger partial charge in [-0.25, -0.2) is 0 Å². The fourth-order valence-corrected chi connectivity index (χ4v) is 4.81. The van der Waals surface area contributed by atoms with Gasteiger partial charge in [0.05, 0.1) is 0 Å². The molecule has 0 N–H and O–H groups in total. The van der Waals surface area contributed by atoms with E-state index >= 15 is 0 Å². The summed E-state index contributed by atoms with van der Waals surface area (Å²) in [5.74, 6) is 6.18. The van der Waals surface area contributed by atoms with Gasteiger partial charge in [-0.15, -0.1) is 0 Å². The summed E-state index contributed by atoms with van der Waals surface area (Å²) in [6.07, 6.45) is 11.3. The molecule has 0 aromatic heterocycles. The average Bonchev–Trinajstić information content (AvgIpc) is 2.51. The Morgan fingerprint density at radius 2 is 1.25 bits per heavy atom. The molecule has 0 saturated carbocycles. The zero-order valence-electron chi connectivity index (χ0n) is 18.7. The number of unbranched alkanes of at least 4 members (excludes halogenated alkanes) is 1. The second-order valence-electron chi connectivity index (χ2n) is 9.60. The van der Waals surface area contributed by atoms with Gasteiger partial charge >= 0.3 is 0 Å². The molecule has 0 aliphatic heterocycles. The predicted molar refractivity (Wildman–Crippen MR) is 112 cm³/mol. The topological polar surface area (TPSA) is 0 Å². The minimum atomic E-state index is 0.813. The van der Waals surface area contributed by atoms with Crippen LogP contribution < -0.4 is 0 Å². The van der Waals surface area contributed by atoms with Crippen molar-refractivity contribution in [3.05, 3.63) is 0 Å². The molecule has 146 valence electrons. The fraction of sp³-hybridized carbons (Fsp3) is 1.00. The summed E-state index contributed by atoms with van der Waals surface area (Å²) < 4.78 is 0. The van der Waals surface area contributed by atoms with Crippen molar-refractivity contribution in [1.82, 2.24) is 0 Å². The third-order valence-electron chi connectivity index (χ3n) is 6.70. The van der Waals surface area contributed by atoms with Crippen molar-refractivity contribution >= 4 is 0 Å². The fourth-order valence-electron chi connectivity index (χ4n) is 4.81. The van der Waals surface area contributed by atoms with Crippen molar-refractivity contribution in [2.45, 2.75) is 114 Å². The van der Waals surface area contributed by atoms with Gasteiger partial charge in [-0.1, -0.05) is 101 Å². The van der Waals surface area contributed by atoms with Gasteiger partial charge in [-0.2, -0.15) is 0 Å². The van der Waals surface area contributed by atoms with Gasteiger partial charge in [0.25, 0.3) is 0 Å². The van der Waals surface area contributed by atoms with Gasteiger partial charge in [-0.3, -0.25) is 0 Å². The van der Waals surface area contributed by atoms with Crippen LogP contribution in [0, 0.1) is 41.4 Å². The van der Waals surface area contributed by atoms with Gasteiger partial charge < -0.3 is 0 Å². The van der Waals surface area contributed by atoms with E-state index in [1.54, 1.807) is 0 Å². The Morgan fingerprint density at radius 3 is 1.71 bits per heavy atom. The second-order valence-corrected chi connectivity index (χ2v) is 9.60. The first-order chi connectivity index (χ1) is 11.2. The van der Waals surface area contributed by atoms with Crippen LogP contribution in [-0.2, 0) is 0 Å². The van der Waals surface area contributed by atoms with E-state index < -0.39 is 0 Å². The van der Waals surface area contributed by atoms with Gasteiger partial charge in [0.15, 0.2) is 0 Å². The molecule has 0 aliphatic rings. The first kappa shape index (κ1) is 24.0. The van der Waals surface area contributed by atoms with Gasteiger partial charge in [0.1, 0.15) is 0 Å². The summed E-state index contributed by atoms with van der Waals surface area (Å²) in [6.45, 7) is 21.8. The third-order valence-corrected chi connectivity index (χ3v) is 6.70. The third kappa shape index (κ3) is 9.47. The van der Waals surface area contributed by atoms with Crippen LogP contribution in [-0.4, -0.2) is 0 Å². The maximum Gasteiger partial charge on any atom is -0.0358 e. The Kier molecular flexibility index (Phi) is 13.2. The molecular formula is C24H50. The zero-order chi connectivity index (χ0) is 18.7. The Labute approximate surface area is 155 Å². The molecule has 0 heterocycles. The van der Waals surface area contributed by atoms with E-state index in [2.05, 4.69) is 62.3 Å². The Bertz CT molecular complexity index is 278. The molecular weight excluding hydrogens is 288 g/mol. The summed E-state index contributed by atoms with van der Waals surface area (Å²) in [7, 11) is 0. The van der Waals surface area contributed by atoms with E-state index in [-0.39, 0.29) is 0 Å². The highest BCUT2D eigenvalue weighted by molar-refractivity contribution is 4.79. The van der Waals surface area contributed by atoms with Crippen LogP contribution in [0.1, 0.15) is 114 Å². The molecule has 5 atom stereocenters. The quantitative estimate of drug-likeness (QED) is 0.278. The largest absolute Gasteiger partial charge is 0.0654 e. The zero-order valence-corrected chi connectivity index (χ0v) is 18.7. The minimum Gasteiger partial charge on any atom is -0.0654 e. The first-order valence-electron chi connectivity index (χ1n) is 11.2. The van der Waals surface area contributed by atoms with Crippen molar-refractivity contribution in [3.8, 4) is 0 Å². The smallest absolute Gasteiger partial charge is 0.0358 e. The number of rotatable bonds is 14. The monoisotopic (exact) mass is 338 g/mol. The predicted octanol–water partition coefficient (Wildman–Crippen LogP) is 8.60. The maximum absolute atomic E-state index is 2.55. The van der Waals surface area contributed by atoms with Crippen molar-refractivity contribution in [2.24, 2.45) is 41.4 Å². The highest BCUT2D eigenvalue weighted by Gasteiger charge is 2.29. The van der Waals surface area contributed by atoms with Crippen LogP contribution >= 0.6 is 0 Å². The number of hydrogen-bond acceptors (Lipinski definition) is 0. The lowest BCUT2D eigenvalue weighted by Gasteiger charge is -2.36. The molecule has 0 fully saturated rings. The SMILES string of the molecule is CCCC(CC)C(CCCCC(C)CC(C)C)C(C)C(C)C(C)C. The summed E-state index contributed by atoms with van der Waals surface area (Å²) in [5, 5.41) is 0. The molecule has 0 radical (unpaired) electrons. The van der Waals surface area contributed by atoms with Gasteiger partial charge in [-0.05, 0) is 54.3 Å². The van der Waals surface area contributed by atoms with Crippen LogP contribution in [0.5, 0.6) is 0 Å². The van der Waals surface area contributed by atoms with E-state index in [1.807, 2.05) is 0 Å². The van der Waals surface area contributed by atoms with Crippen molar-refractivity contribution in [3.63, 3.8) is 0 Å². The van der Waals surface area contributed by atoms with Gasteiger partial charge in [0, 0.05) is 0 Å². The molecule has 0 rings (SSSR count). The van der Waals surface area contributed by atoms with Crippen LogP contribution in [0.4, 0.5) is 0 Å². The van der Waals surface area contributed by atoms with Crippen molar-refractivity contribution in [2.75, 3.05) is 0 Å². The Hall–Kier alpha value is 0. The highest BCUT2D eigenvalue weighted by atomic mass is 14.3. The van der Waals surface area contributed by atoms with Crippen LogP contribution in [0.3, 0.4) is 0 Å². The van der Waals surface area contributed by atoms with Crippen LogP contribution in [0.25, 0.3) is 0 Å². The molecule has 0 aromatic carbocycles. The molecule has 5 unspecified atom stereocenters. The molecule has 0 aliphatic carbocycles. The average molecular weight is 339 g/mol. The Balaban J connectivity index is 4.59. The van der Waals surface area contributed by atoms with Crippen LogP contribution in [0.2, 0.25) is 0 Å². The second kappa shape index (κ2) is 13.2. The van der Waals surface area contributed by atoms with E-state index in [9.17, 15) is 0 Å². The molecule has 0 bridgehead atoms. The molecule has 0 amide bonds. The Morgan fingerprint density at radius 1 is 0.667 bits per heavy atom. The summed E-state index contributed by atoms with van der Waals surface area (Å²) in [5.41, 5.74) is 0. The first-order valence-corrected chi connectivity index (χ1v) is 11.2. The molecule has 24 heavy (non-hydrogen) atoms. The van der Waals surface area contributed by atoms with Gasteiger partial charge in [0.2, 0.25) is 0 Å². The summed E-state index contributed by atoms with van der Waals surface area (Å²) in [6, 6.07) is 0. The lowest BCUT2D eigenvalue weighted by molar-refractivity contribution is 0.131. The van der Waals surface area contributed by atoms with E-state index in [4.69, 9.17) is 0 Å². The van der Waals surface area contributed by atoms with Crippen LogP contribution in [0.15, 0.2) is 0 Å². The molecule has 0 saturated heterocycles. The van der Waals surface area contributed by atoms with Crippen molar-refractivity contribution in [1.29, 1.82) is 0 Å². The van der Waals surface area contributed by atoms with E-state index in [1.165, 1.54) is 51.4 Å². The molecule has 0 nitrogen and oxygen atoms in total. The normalized spacial score (nSPS) is 18.6. The van der Waals surface area contributed by atoms with E-state index in [0.29, 0.717) is 0 Å². The molecule has 0 heteroatoms. The van der Waals surface area contributed by atoms with Crippen molar-refractivity contribution < 1.29 is 0 Å².